The van der Waals surface area contributed by atoms with Crippen LogP contribution in [0.5, 0.6) is 0 Å². The van der Waals surface area contributed by atoms with Crippen molar-refractivity contribution in [2.45, 2.75) is 13.0 Å². The van der Waals surface area contributed by atoms with E-state index in [1.54, 1.807) is 11.4 Å². The van der Waals surface area contributed by atoms with Gasteiger partial charge in [0, 0.05) is 6.54 Å². The van der Waals surface area contributed by atoms with Gasteiger partial charge < -0.3 is 10.4 Å². The van der Waals surface area contributed by atoms with E-state index in [9.17, 15) is 13.6 Å². The van der Waals surface area contributed by atoms with E-state index in [1.807, 2.05) is 0 Å². The molecule has 0 aliphatic heterocycles. The first-order valence-corrected chi connectivity index (χ1v) is 4.77. The molecule has 0 aliphatic carbocycles. The molecule has 0 saturated heterocycles. The number of thiophene rings is 1. The summed E-state index contributed by atoms with van der Waals surface area (Å²) >= 11 is 1.09. The van der Waals surface area contributed by atoms with Gasteiger partial charge in [0.2, 0.25) is 0 Å². The van der Waals surface area contributed by atoms with E-state index < -0.39 is 18.9 Å². The van der Waals surface area contributed by atoms with Crippen molar-refractivity contribution in [3.05, 3.63) is 21.9 Å². The minimum atomic E-state index is -2.41. The number of aromatic carboxylic acids is 1. The molecule has 0 bridgehead atoms. The minimum Gasteiger partial charge on any atom is -0.477 e. The first kappa shape index (κ1) is 11.1. The zero-order valence-corrected chi connectivity index (χ0v) is 7.98. The van der Waals surface area contributed by atoms with Crippen molar-refractivity contribution in [1.29, 1.82) is 0 Å². The van der Waals surface area contributed by atoms with Crippen molar-refractivity contribution in [3.8, 4) is 0 Å². The van der Waals surface area contributed by atoms with Gasteiger partial charge in [-0.3, -0.25) is 0 Å². The van der Waals surface area contributed by atoms with Crippen LogP contribution in [0.15, 0.2) is 11.4 Å². The van der Waals surface area contributed by atoms with Crippen LogP contribution in [-0.4, -0.2) is 24.0 Å². The molecule has 0 aliphatic rings. The van der Waals surface area contributed by atoms with Crippen molar-refractivity contribution >= 4 is 17.3 Å². The normalized spacial score (nSPS) is 10.8. The molecule has 0 unspecified atom stereocenters. The number of carbonyl (C=O) groups is 1. The maximum atomic E-state index is 11.7. The average Bonchev–Trinajstić information content (AvgIpc) is 2.51. The molecule has 0 atom stereocenters. The largest absolute Gasteiger partial charge is 0.477 e. The van der Waals surface area contributed by atoms with Crippen molar-refractivity contribution in [2.24, 2.45) is 0 Å². The highest BCUT2D eigenvalue weighted by molar-refractivity contribution is 7.12. The Morgan fingerprint density at radius 2 is 2.36 bits per heavy atom. The fourth-order valence-electron chi connectivity index (χ4n) is 0.978. The Kier molecular flexibility index (Phi) is 3.97. The maximum Gasteiger partial charge on any atom is 0.346 e. The predicted octanol–water partition coefficient (Wildman–Crippen LogP) is 1.80. The van der Waals surface area contributed by atoms with E-state index in [1.165, 1.54) is 0 Å². The van der Waals surface area contributed by atoms with Gasteiger partial charge in [-0.1, -0.05) is 0 Å². The molecule has 78 valence electrons. The molecule has 0 spiro atoms. The maximum absolute atomic E-state index is 11.7. The lowest BCUT2D eigenvalue weighted by atomic mass is 10.2. The Balaban J connectivity index is 2.50. The monoisotopic (exact) mass is 221 g/mol. The van der Waals surface area contributed by atoms with Gasteiger partial charge in [-0.15, -0.1) is 11.3 Å². The molecule has 2 N–H and O–H groups in total. The molecule has 6 heteroatoms. The topological polar surface area (TPSA) is 49.3 Å². The van der Waals surface area contributed by atoms with Gasteiger partial charge in [0.05, 0.1) is 6.54 Å². The molecule has 14 heavy (non-hydrogen) atoms. The fourth-order valence-corrected chi connectivity index (χ4v) is 1.74. The van der Waals surface area contributed by atoms with Crippen LogP contribution in [0.1, 0.15) is 15.2 Å². The highest BCUT2D eigenvalue weighted by atomic mass is 32.1. The minimum absolute atomic E-state index is 0.162. The first-order chi connectivity index (χ1) is 6.61. The lowest BCUT2D eigenvalue weighted by molar-refractivity contribution is 0.0701. The Morgan fingerprint density at radius 1 is 1.64 bits per heavy atom. The third-order valence-electron chi connectivity index (χ3n) is 1.56. The summed E-state index contributed by atoms with van der Waals surface area (Å²) in [5.41, 5.74) is 0.545. The Hall–Kier alpha value is -1.01. The quantitative estimate of drug-likeness (QED) is 0.797. The number of nitrogens with one attached hydrogen (secondary N) is 1. The smallest absolute Gasteiger partial charge is 0.346 e. The predicted molar refractivity (Wildman–Crippen MR) is 49.0 cm³/mol. The summed E-state index contributed by atoms with van der Waals surface area (Å²) in [7, 11) is 0. The molecule has 0 radical (unpaired) electrons. The average molecular weight is 221 g/mol. The molecule has 0 saturated carbocycles. The van der Waals surface area contributed by atoms with E-state index in [2.05, 4.69) is 5.32 Å². The summed E-state index contributed by atoms with van der Waals surface area (Å²) < 4.78 is 23.5. The summed E-state index contributed by atoms with van der Waals surface area (Å²) in [6.45, 7) is -0.260. The van der Waals surface area contributed by atoms with Crippen molar-refractivity contribution in [3.63, 3.8) is 0 Å². The Morgan fingerprint density at radius 3 is 2.93 bits per heavy atom. The second-order valence-electron chi connectivity index (χ2n) is 2.60. The van der Waals surface area contributed by atoms with E-state index in [4.69, 9.17) is 5.11 Å². The van der Waals surface area contributed by atoms with E-state index in [0.717, 1.165) is 11.3 Å². The second-order valence-corrected chi connectivity index (χ2v) is 3.52. The number of hydrogen-bond acceptors (Lipinski definition) is 3. The standard InChI is InChI=1S/C8H9F2NO2S/c9-6(10)4-11-3-5-1-2-14-7(5)8(12)13/h1-2,6,11H,3-4H2,(H,12,13). The molecule has 1 heterocycles. The molecule has 3 nitrogen and oxygen atoms in total. The number of carboxylic acid groups (broad SMARTS) is 1. The van der Waals surface area contributed by atoms with Crippen LogP contribution in [0, 0.1) is 0 Å². The summed E-state index contributed by atoms with van der Waals surface area (Å²) in [5, 5.41) is 12.8. The van der Waals surface area contributed by atoms with Crippen molar-refractivity contribution < 1.29 is 18.7 Å². The second kappa shape index (κ2) is 5.02. The van der Waals surface area contributed by atoms with Crippen LogP contribution in [0.25, 0.3) is 0 Å². The van der Waals surface area contributed by atoms with E-state index in [-0.39, 0.29) is 11.4 Å². The highest BCUT2D eigenvalue weighted by Crippen LogP contribution is 2.16. The lowest BCUT2D eigenvalue weighted by Gasteiger charge is -2.02. The summed E-state index contributed by atoms with van der Waals surface area (Å²) in [6.07, 6.45) is -2.41. The van der Waals surface area contributed by atoms with Gasteiger partial charge in [0.1, 0.15) is 4.88 Å². The lowest BCUT2D eigenvalue weighted by Crippen LogP contribution is -2.21. The van der Waals surface area contributed by atoms with Gasteiger partial charge in [-0.2, -0.15) is 0 Å². The third kappa shape index (κ3) is 3.04. The van der Waals surface area contributed by atoms with Gasteiger partial charge in [-0.05, 0) is 17.0 Å². The van der Waals surface area contributed by atoms with E-state index >= 15 is 0 Å². The molecular formula is C8H9F2NO2S. The molecule has 1 aromatic rings. The number of halogens is 2. The van der Waals surface area contributed by atoms with Crippen LogP contribution >= 0.6 is 11.3 Å². The summed E-state index contributed by atoms with van der Waals surface area (Å²) in [5.74, 6) is -1.02. The van der Waals surface area contributed by atoms with Gasteiger partial charge in [0.25, 0.3) is 6.43 Å². The van der Waals surface area contributed by atoms with Crippen LogP contribution in [-0.2, 0) is 6.54 Å². The fraction of sp³-hybridized carbons (Fsp3) is 0.375. The highest BCUT2D eigenvalue weighted by Gasteiger charge is 2.11. The zero-order valence-electron chi connectivity index (χ0n) is 7.17. The van der Waals surface area contributed by atoms with Crippen molar-refractivity contribution in [2.75, 3.05) is 6.54 Å². The molecule has 0 fully saturated rings. The van der Waals surface area contributed by atoms with Gasteiger partial charge >= 0.3 is 5.97 Å². The van der Waals surface area contributed by atoms with Gasteiger partial charge in [-0.25, -0.2) is 13.6 Å². The van der Waals surface area contributed by atoms with Crippen LogP contribution in [0.2, 0.25) is 0 Å². The Labute approximate surface area is 83.4 Å². The molecular weight excluding hydrogens is 212 g/mol. The molecule has 0 aromatic carbocycles. The molecule has 1 aromatic heterocycles. The number of alkyl halides is 2. The zero-order chi connectivity index (χ0) is 10.6. The Bertz CT molecular complexity index is 314. The first-order valence-electron chi connectivity index (χ1n) is 3.89. The van der Waals surface area contributed by atoms with Crippen LogP contribution in [0.3, 0.4) is 0 Å². The van der Waals surface area contributed by atoms with Crippen LogP contribution < -0.4 is 5.32 Å². The number of carboxylic acids is 1. The van der Waals surface area contributed by atoms with Gasteiger partial charge in [0.15, 0.2) is 0 Å². The van der Waals surface area contributed by atoms with Crippen LogP contribution in [0.4, 0.5) is 8.78 Å². The third-order valence-corrected chi connectivity index (χ3v) is 2.50. The van der Waals surface area contributed by atoms with E-state index in [0.29, 0.717) is 5.56 Å². The number of hydrogen-bond donors (Lipinski definition) is 2. The van der Waals surface area contributed by atoms with Crippen molar-refractivity contribution in [1.82, 2.24) is 5.32 Å². The molecule has 1 rings (SSSR count). The summed E-state index contributed by atoms with van der Waals surface area (Å²) in [6, 6.07) is 1.62. The SMILES string of the molecule is O=C(O)c1sccc1CNCC(F)F. The summed E-state index contributed by atoms with van der Waals surface area (Å²) in [4.78, 5) is 10.8. The molecule has 0 amide bonds. The number of rotatable bonds is 5.